The van der Waals surface area contributed by atoms with Crippen LogP contribution in [-0.4, -0.2) is 97.5 Å². The van der Waals surface area contributed by atoms with Crippen molar-refractivity contribution >= 4 is 33.2 Å². The summed E-state index contributed by atoms with van der Waals surface area (Å²) < 4.78 is 55.1. The summed E-state index contributed by atoms with van der Waals surface area (Å²) in [5.74, 6) is 0.922. The van der Waals surface area contributed by atoms with Gasteiger partial charge in [-0.2, -0.15) is 0 Å². The van der Waals surface area contributed by atoms with Crippen molar-refractivity contribution in [1.29, 1.82) is 0 Å². The van der Waals surface area contributed by atoms with Crippen LogP contribution in [0.5, 0.6) is 5.75 Å². The van der Waals surface area contributed by atoms with Crippen LogP contribution in [0.3, 0.4) is 0 Å². The Labute approximate surface area is 315 Å². The summed E-state index contributed by atoms with van der Waals surface area (Å²) in [6.45, 7) is 5.59. The predicted molar refractivity (Wildman–Crippen MR) is 205 cm³/mol. The molecule has 0 radical (unpaired) electrons. The number of aryl methyl sites for hydroxylation is 1. The van der Waals surface area contributed by atoms with Gasteiger partial charge in [0.05, 0.1) is 36.8 Å². The number of sulfonamides is 1. The molecule has 2 fully saturated rings. The van der Waals surface area contributed by atoms with Gasteiger partial charge in [-0.25, -0.2) is 13.1 Å². The van der Waals surface area contributed by atoms with Crippen molar-refractivity contribution in [2.45, 2.75) is 88.7 Å². The number of hydrogen-bond acceptors (Lipinski definition) is 9. The highest BCUT2D eigenvalue weighted by atomic mass is 35.5. The first kappa shape index (κ1) is 39.3. The molecule has 1 N–H and O–H groups in total. The van der Waals surface area contributed by atoms with Crippen LogP contribution < -0.4 is 14.4 Å². The van der Waals surface area contributed by atoms with Gasteiger partial charge in [0.15, 0.2) is 6.29 Å². The number of fused-ring (bicyclic) bond motifs is 3. The van der Waals surface area contributed by atoms with Gasteiger partial charge in [0.2, 0.25) is 10.0 Å². The molecule has 1 aliphatic carbocycles. The lowest BCUT2D eigenvalue weighted by molar-refractivity contribution is -0.240. The largest absolute Gasteiger partial charge is 0.491 e. The number of carbonyl (C=O) groups excluding carboxylic acids is 1. The molecule has 1 amide bonds. The maximum Gasteiger partial charge on any atom is 0.264 e. The number of carbonyl (C=O) groups is 1. The Kier molecular flexibility index (Phi) is 13.5. The minimum atomic E-state index is -4.01. The van der Waals surface area contributed by atoms with E-state index in [-0.39, 0.29) is 30.8 Å². The SMILES string of the molecule is COCC[C@@H]1[C@@H](C)CCC[C@@H](C2OCC(N(C)C)CO2)[C@@H]2CC[C@H]2CN2CCCCc3cc(Cl)ccc3CCOc3ccc(cc32)C(=O)NS1(=O)=O. The van der Waals surface area contributed by atoms with Gasteiger partial charge in [-0.1, -0.05) is 31.0 Å². The molecule has 2 bridgehead atoms. The molecular weight excluding hydrogens is 702 g/mol. The molecule has 12 heteroatoms. The quantitative estimate of drug-likeness (QED) is 0.374. The summed E-state index contributed by atoms with van der Waals surface area (Å²) in [4.78, 5) is 18.3. The van der Waals surface area contributed by atoms with Gasteiger partial charge in [0.25, 0.3) is 5.91 Å². The van der Waals surface area contributed by atoms with Crippen LogP contribution in [0, 0.1) is 23.7 Å². The van der Waals surface area contributed by atoms with Crippen LogP contribution in [0.1, 0.15) is 79.8 Å². The number of nitrogens with one attached hydrogen (secondary N) is 1. The van der Waals surface area contributed by atoms with Crippen molar-refractivity contribution in [1.82, 2.24) is 9.62 Å². The molecule has 1 saturated heterocycles. The summed E-state index contributed by atoms with van der Waals surface area (Å²) in [6.07, 6.45) is 8.27. The van der Waals surface area contributed by atoms with Crippen molar-refractivity contribution in [3.05, 3.63) is 58.1 Å². The van der Waals surface area contributed by atoms with Gasteiger partial charge in [-0.3, -0.25) is 4.79 Å². The Morgan fingerprint density at radius 2 is 1.77 bits per heavy atom. The van der Waals surface area contributed by atoms with E-state index in [2.05, 4.69) is 40.7 Å². The Balaban J connectivity index is 1.35. The third kappa shape index (κ3) is 9.44. The second-order valence-electron chi connectivity index (χ2n) is 15.6. The van der Waals surface area contributed by atoms with Gasteiger partial charge in [0, 0.05) is 49.7 Å². The lowest BCUT2D eigenvalue weighted by Gasteiger charge is -2.48. The Bertz CT molecular complexity index is 1620. The number of hydrogen-bond donors (Lipinski definition) is 1. The lowest BCUT2D eigenvalue weighted by Crippen LogP contribution is -2.50. The average Bonchev–Trinajstić information content (AvgIpc) is 3.10. The molecule has 0 aromatic heterocycles. The van der Waals surface area contributed by atoms with E-state index in [1.807, 2.05) is 25.1 Å². The first-order chi connectivity index (χ1) is 25.0. The summed E-state index contributed by atoms with van der Waals surface area (Å²) in [5, 5.41) is -0.0245. The maximum absolute atomic E-state index is 13.9. The fourth-order valence-corrected chi connectivity index (χ4v) is 10.6. The highest BCUT2D eigenvalue weighted by Crippen LogP contribution is 2.46. The van der Waals surface area contributed by atoms with E-state index in [4.69, 9.17) is 30.5 Å². The van der Waals surface area contributed by atoms with E-state index in [0.29, 0.717) is 55.8 Å². The Hall–Kier alpha value is -2.41. The van der Waals surface area contributed by atoms with Crippen LogP contribution in [0.2, 0.25) is 5.02 Å². The number of anilines is 1. The van der Waals surface area contributed by atoms with Crippen molar-refractivity contribution in [2.75, 3.05) is 65.6 Å². The minimum Gasteiger partial charge on any atom is -0.491 e. The standard InChI is InChI=1S/C40H58ClN3O7S/c1-27-8-7-10-35(40-50-25-33(26-51-40)43(2)3)34-15-12-31(34)24-44-19-6-5-9-29-22-32(41)14-11-28(29)17-21-49-37-16-13-30(23-36(37)44)39(45)42-52(46,47)38(27)18-20-48-4/h11,13-14,16,22-23,27,31,33-35,38,40H,5-10,12,15,17-21,24-26H2,1-4H3,(H,42,45)/t27-,31-,33?,34+,35+,38+,40?/m0/s1. The molecule has 5 atom stereocenters. The van der Waals surface area contributed by atoms with E-state index in [1.54, 1.807) is 13.2 Å². The normalized spacial score (nSPS) is 30.4. The molecule has 0 unspecified atom stereocenters. The molecule has 4 aliphatic rings. The number of amides is 1. The summed E-state index contributed by atoms with van der Waals surface area (Å²) in [5.41, 5.74) is 3.63. The van der Waals surface area contributed by atoms with E-state index < -0.39 is 21.2 Å². The number of rotatable bonds is 5. The topological polar surface area (TPSA) is 107 Å². The lowest BCUT2D eigenvalue weighted by atomic mass is 9.65. The predicted octanol–water partition coefficient (Wildman–Crippen LogP) is 6.33. The van der Waals surface area contributed by atoms with Crippen LogP contribution in [0.25, 0.3) is 0 Å². The van der Waals surface area contributed by atoms with E-state index in [0.717, 1.165) is 75.2 Å². The number of nitrogens with zero attached hydrogens (tertiary/aromatic N) is 2. The molecule has 10 nitrogen and oxygen atoms in total. The smallest absolute Gasteiger partial charge is 0.264 e. The van der Waals surface area contributed by atoms with Gasteiger partial charge in [-0.05, 0) is 125 Å². The first-order valence-electron chi connectivity index (χ1n) is 19.3. The van der Waals surface area contributed by atoms with Crippen molar-refractivity contribution in [2.24, 2.45) is 23.7 Å². The van der Waals surface area contributed by atoms with E-state index in [9.17, 15) is 13.2 Å². The zero-order chi connectivity index (χ0) is 36.8. The average molecular weight is 760 g/mol. The molecule has 2 aromatic carbocycles. The van der Waals surface area contributed by atoms with Crippen LogP contribution in [0.15, 0.2) is 36.4 Å². The number of benzene rings is 2. The Morgan fingerprint density at radius 1 is 0.962 bits per heavy atom. The molecule has 288 valence electrons. The Morgan fingerprint density at radius 3 is 2.50 bits per heavy atom. The van der Waals surface area contributed by atoms with Gasteiger partial charge in [0.1, 0.15) is 5.75 Å². The third-order valence-electron chi connectivity index (χ3n) is 12.0. The summed E-state index contributed by atoms with van der Waals surface area (Å²) >= 11 is 6.41. The van der Waals surface area contributed by atoms with E-state index in [1.165, 1.54) is 11.1 Å². The summed E-state index contributed by atoms with van der Waals surface area (Å²) in [6, 6.07) is 11.7. The monoisotopic (exact) mass is 759 g/mol. The first-order valence-corrected chi connectivity index (χ1v) is 21.2. The number of ether oxygens (including phenoxy) is 4. The van der Waals surface area contributed by atoms with Gasteiger partial charge in [-0.15, -0.1) is 0 Å². The van der Waals surface area contributed by atoms with Crippen molar-refractivity contribution in [3.8, 4) is 5.75 Å². The van der Waals surface area contributed by atoms with Crippen molar-refractivity contribution in [3.63, 3.8) is 0 Å². The molecule has 52 heavy (non-hydrogen) atoms. The zero-order valence-corrected chi connectivity index (χ0v) is 32.9. The van der Waals surface area contributed by atoms with Gasteiger partial charge < -0.3 is 28.7 Å². The molecule has 3 heterocycles. The second-order valence-corrected chi connectivity index (χ2v) is 18.0. The number of likely N-dealkylation sites (N-methyl/N-ethyl adjacent to an activating group) is 1. The molecule has 2 aromatic rings. The van der Waals surface area contributed by atoms with Crippen LogP contribution in [0.4, 0.5) is 5.69 Å². The van der Waals surface area contributed by atoms with Crippen molar-refractivity contribution < 1.29 is 32.2 Å². The summed E-state index contributed by atoms with van der Waals surface area (Å²) in [7, 11) is 1.68. The third-order valence-corrected chi connectivity index (χ3v) is 14.2. The zero-order valence-electron chi connectivity index (χ0n) is 31.4. The molecule has 0 spiro atoms. The number of halogens is 1. The molecule has 3 aliphatic heterocycles. The number of methoxy groups -OCH3 is 1. The van der Waals surface area contributed by atoms with E-state index >= 15 is 0 Å². The van der Waals surface area contributed by atoms with Crippen LogP contribution in [-0.2, 0) is 37.1 Å². The molecule has 6 rings (SSSR count). The fourth-order valence-electron chi connectivity index (χ4n) is 8.68. The highest BCUT2D eigenvalue weighted by molar-refractivity contribution is 7.90. The second kappa shape index (κ2) is 17.8. The molecule has 1 saturated carbocycles. The highest BCUT2D eigenvalue weighted by Gasteiger charge is 2.44. The van der Waals surface area contributed by atoms with Crippen LogP contribution >= 0.6 is 11.6 Å². The fraction of sp³-hybridized carbons (Fsp3) is 0.675. The van der Waals surface area contributed by atoms with Gasteiger partial charge >= 0.3 is 0 Å². The maximum atomic E-state index is 13.9. The minimum absolute atomic E-state index is 0.181. The molecular formula is C40H58ClN3O7S.